The van der Waals surface area contributed by atoms with Gasteiger partial charge < -0.3 is 10.6 Å². The quantitative estimate of drug-likeness (QED) is 0.551. The van der Waals surface area contributed by atoms with Crippen LogP contribution in [0.2, 0.25) is 0 Å². The van der Waals surface area contributed by atoms with Crippen molar-refractivity contribution in [3.63, 3.8) is 0 Å². The minimum Gasteiger partial charge on any atom is -0.354 e. The lowest BCUT2D eigenvalue weighted by Crippen LogP contribution is -2.43. The third-order valence-electron chi connectivity index (χ3n) is 3.75. The van der Waals surface area contributed by atoms with Crippen molar-refractivity contribution in [1.29, 1.82) is 0 Å². The van der Waals surface area contributed by atoms with E-state index in [4.69, 9.17) is 6.42 Å². The second kappa shape index (κ2) is 5.36. The van der Waals surface area contributed by atoms with E-state index in [9.17, 15) is 4.79 Å². The van der Waals surface area contributed by atoms with Crippen LogP contribution >= 0.6 is 0 Å². The Balaban J connectivity index is 1.78. The van der Waals surface area contributed by atoms with Gasteiger partial charge in [-0.25, -0.2) is 0 Å². The van der Waals surface area contributed by atoms with E-state index in [-0.39, 0.29) is 11.9 Å². The summed E-state index contributed by atoms with van der Waals surface area (Å²) in [6.45, 7) is 0.600. The van der Waals surface area contributed by atoms with E-state index in [1.165, 1.54) is 25.7 Å². The number of fused-ring (bicyclic) bond motifs is 1. The Hall–Kier alpha value is -1.01. The van der Waals surface area contributed by atoms with Crippen LogP contribution in [0.3, 0.4) is 0 Å². The molecule has 2 fully saturated rings. The fraction of sp³-hybridized carbons (Fsp3) is 0.769. The Kier molecular flexibility index (Phi) is 3.84. The van der Waals surface area contributed by atoms with Gasteiger partial charge in [-0.05, 0) is 25.2 Å². The van der Waals surface area contributed by atoms with Crippen LogP contribution in [0.25, 0.3) is 0 Å². The van der Waals surface area contributed by atoms with Gasteiger partial charge in [0.25, 0.3) is 0 Å². The van der Waals surface area contributed by atoms with Crippen LogP contribution in [0.5, 0.6) is 0 Å². The average Bonchev–Trinajstić information content (AvgIpc) is 2.73. The molecule has 1 heterocycles. The van der Waals surface area contributed by atoms with E-state index in [0.29, 0.717) is 19.0 Å². The summed E-state index contributed by atoms with van der Waals surface area (Å²) in [6, 6.07) is 0.600. The van der Waals surface area contributed by atoms with Gasteiger partial charge in [0, 0.05) is 19.0 Å². The summed E-state index contributed by atoms with van der Waals surface area (Å²) in [5.74, 6) is 3.38. The highest BCUT2D eigenvalue weighted by molar-refractivity contribution is 5.82. The maximum absolute atomic E-state index is 11.8. The molecule has 0 bridgehead atoms. The standard InChI is InChI=1S/C13H20N2O/c1-2-3-8-14-13(16)12-9-10-6-4-5-7-11(10)15-12/h1,10-12,15H,3-9H2,(H,14,16). The number of rotatable bonds is 3. The summed E-state index contributed by atoms with van der Waals surface area (Å²) in [4.78, 5) is 11.8. The second-order valence-corrected chi connectivity index (χ2v) is 4.85. The van der Waals surface area contributed by atoms with Crippen molar-refractivity contribution in [2.75, 3.05) is 6.54 Å². The molecule has 16 heavy (non-hydrogen) atoms. The molecule has 2 rings (SSSR count). The molecule has 3 nitrogen and oxygen atoms in total. The Bertz CT molecular complexity index is 281. The molecule has 1 saturated heterocycles. The summed E-state index contributed by atoms with van der Waals surface area (Å²) in [5.41, 5.74) is 0. The van der Waals surface area contributed by atoms with Crippen LogP contribution in [-0.4, -0.2) is 24.5 Å². The molecule has 1 aliphatic carbocycles. The van der Waals surface area contributed by atoms with Gasteiger partial charge in [-0.1, -0.05) is 12.8 Å². The van der Waals surface area contributed by atoms with Crippen LogP contribution in [0.4, 0.5) is 0 Å². The number of hydrogen-bond acceptors (Lipinski definition) is 2. The zero-order valence-electron chi connectivity index (χ0n) is 9.67. The molecule has 1 amide bonds. The average molecular weight is 220 g/mol. The summed E-state index contributed by atoms with van der Waals surface area (Å²) in [7, 11) is 0. The first-order valence-electron chi connectivity index (χ1n) is 6.28. The molecule has 0 spiro atoms. The van der Waals surface area contributed by atoms with Crippen molar-refractivity contribution < 1.29 is 4.79 Å². The fourth-order valence-corrected chi connectivity index (χ4v) is 2.90. The lowest BCUT2D eigenvalue weighted by Gasteiger charge is -2.24. The van der Waals surface area contributed by atoms with Crippen LogP contribution in [0, 0.1) is 18.3 Å². The van der Waals surface area contributed by atoms with Gasteiger partial charge in [0.05, 0.1) is 6.04 Å². The maximum atomic E-state index is 11.8. The van der Waals surface area contributed by atoms with Gasteiger partial charge in [-0.3, -0.25) is 4.79 Å². The van der Waals surface area contributed by atoms with E-state index in [2.05, 4.69) is 16.6 Å². The predicted molar refractivity (Wildman–Crippen MR) is 63.7 cm³/mol. The van der Waals surface area contributed by atoms with Gasteiger partial charge in [0.2, 0.25) is 5.91 Å². The van der Waals surface area contributed by atoms with Gasteiger partial charge in [0.15, 0.2) is 0 Å². The van der Waals surface area contributed by atoms with Crippen molar-refractivity contribution in [3.05, 3.63) is 0 Å². The van der Waals surface area contributed by atoms with Gasteiger partial charge in [-0.15, -0.1) is 12.3 Å². The molecule has 2 N–H and O–H groups in total. The lowest BCUT2D eigenvalue weighted by molar-refractivity contribution is -0.122. The van der Waals surface area contributed by atoms with Crippen molar-refractivity contribution in [2.24, 2.45) is 5.92 Å². The van der Waals surface area contributed by atoms with Crippen molar-refractivity contribution >= 4 is 5.91 Å². The van der Waals surface area contributed by atoms with E-state index in [1.54, 1.807) is 0 Å². The summed E-state index contributed by atoms with van der Waals surface area (Å²) >= 11 is 0. The van der Waals surface area contributed by atoms with Crippen LogP contribution in [0.15, 0.2) is 0 Å². The molecule has 1 saturated carbocycles. The molecule has 0 aromatic rings. The predicted octanol–water partition coefficient (Wildman–Crippen LogP) is 1.05. The van der Waals surface area contributed by atoms with Crippen molar-refractivity contribution in [1.82, 2.24) is 10.6 Å². The molecule has 0 aromatic heterocycles. The van der Waals surface area contributed by atoms with Gasteiger partial charge in [-0.2, -0.15) is 0 Å². The third kappa shape index (κ3) is 2.56. The lowest BCUT2D eigenvalue weighted by atomic mass is 9.85. The van der Waals surface area contributed by atoms with Crippen LogP contribution in [0.1, 0.15) is 38.5 Å². The molecule has 0 aromatic carbocycles. The monoisotopic (exact) mass is 220 g/mol. The maximum Gasteiger partial charge on any atom is 0.237 e. The van der Waals surface area contributed by atoms with E-state index >= 15 is 0 Å². The Morgan fingerprint density at radius 1 is 1.44 bits per heavy atom. The molecule has 0 radical (unpaired) electrons. The molecule has 2 aliphatic rings. The first-order valence-corrected chi connectivity index (χ1v) is 6.28. The smallest absolute Gasteiger partial charge is 0.237 e. The minimum atomic E-state index is 0.0193. The summed E-state index contributed by atoms with van der Waals surface area (Å²) < 4.78 is 0. The van der Waals surface area contributed by atoms with Crippen molar-refractivity contribution in [3.8, 4) is 12.3 Å². The van der Waals surface area contributed by atoms with E-state index in [0.717, 1.165) is 12.3 Å². The molecule has 3 unspecified atom stereocenters. The SMILES string of the molecule is C#CCCNC(=O)C1CC2CCCCC2N1. The Morgan fingerprint density at radius 3 is 3.00 bits per heavy atom. The zero-order valence-corrected chi connectivity index (χ0v) is 9.67. The van der Waals surface area contributed by atoms with Gasteiger partial charge >= 0.3 is 0 Å². The fourth-order valence-electron chi connectivity index (χ4n) is 2.90. The highest BCUT2D eigenvalue weighted by atomic mass is 16.2. The number of carbonyl (C=O) groups is 1. The highest BCUT2D eigenvalue weighted by Gasteiger charge is 2.37. The first kappa shape index (κ1) is 11.5. The largest absolute Gasteiger partial charge is 0.354 e. The topological polar surface area (TPSA) is 41.1 Å². The third-order valence-corrected chi connectivity index (χ3v) is 3.75. The molecule has 3 heteroatoms. The summed E-state index contributed by atoms with van der Waals surface area (Å²) in [6.07, 6.45) is 11.9. The summed E-state index contributed by atoms with van der Waals surface area (Å²) in [5, 5.41) is 6.35. The molecule has 3 atom stereocenters. The molecular weight excluding hydrogens is 200 g/mol. The molecule has 1 aliphatic heterocycles. The second-order valence-electron chi connectivity index (χ2n) is 4.85. The minimum absolute atomic E-state index is 0.0193. The molecular formula is C13H20N2O. The number of hydrogen-bond donors (Lipinski definition) is 2. The Labute approximate surface area is 97.4 Å². The first-order chi connectivity index (χ1) is 7.81. The zero-order chi connectivity index (χ0) is 11.4. The number of nitrogens with one attached hydrogen (secondary N) is 2. The van der Waals surface area contributed by atoms with Crippen LogP contribution in [-0.2, 0) is 4.79 Å². The number of amides is 1. The molecule has 88 valence electrons. The Morgan fingerprint density at radius 2 is 2.25 bits per heavy atom. The highest BCUT2D eigenvalue weighted by Crippen LogP contribution is 2.33. The van der Waals surface area contributed by atoms with Gasteiger partial charge in [0.1, 0.15) is 0 Å². The van der Waals surface area contributed by atoms with E-state index in [1.807, 2.05) is 0 Å². The normalized spacial score (nSPS) is 32.8. The van der Waals surface area contributed by atoms with Crippen molar-refractivity contribution in [2.45, 2.75) is 50.6 Å². The van der Waals surface area contributed by atoms with E-state index < -0.39 is 0 Å². The number of terminal acetylenes is 1. The van der Waals surface area contributed by atoms with Crippen LogP contribution < -0.4 is 10.6 Å². The number of carbonyl (C=O) groups excluding carboxylic acids is 1.